The van der Waals surface area contributed by atoms with Crippen LogP contribution in [0.2, 0.25) is 0 Å². The average molecular weight is 961 g/mol. The second-order valence-corrected chi connectivity index (χ2v) is 19.2. The second kappa shape index (κ2) is 22.9. The third kappa shape index (κ3) is 11.7. The number of likely N-dealkylation sites (N-methyl/N-ethyl adjacent to an activating group) is 2. The van der Waals surface area contributed by atoms with Crippen LogP contribution in [-0.4, -0.2) is 139 Å². The smallest absolute Gasteiger partial charge is 0.246 e. The zero-order valence-electron chi connectivity index (χ0n) is 40.7. The van der Waals surface area contributed by atoms with Crippen LogP contribution in [0.4, 0.5) is 0 Å². The van der Waals surface area contributed by atoms with E-state index in [0.717, 1.165) is 49.7 Å². The fourth-order valence-electron chi connectivity index (χ4n) is 10.3. The first kappa shape index (κ1) is 49.9. The van der Waals surface area contributed by atoms with E-state index in [-0.39, 0.29) is 60.4 Å². The van der Waals surface area contributed by atoms with Gasteiger partial charge in [0.1, 0.15) is 24.2 Å². The van der Waals surface area contributed by atoms with Crippen molar-refractivity contribution in [3.05, 3.63) is 94.6 Å². The van der Waals surface area contributed by atoms with Crippen molar-refractivity contribution in [1.82, 2.24) is 71.7 Å². The lowest BCUT2D eigenvalue weighted by molar-refractivity contribution is -0.141. The van der Waals surface area contributed by atoms with Crippen molar-refractivity contribution in [2.75, 3.05) is 27.2 Å². The molecule has 6 N–H and O–H groups in total. The van der Waals surface area contributed by atoms with Crippen LogP contribution < -0.4 is 31.9 Å². The lowest BCUT2D eigenvalue weighted by Gasteiger charge is -2.31. The quantitative estimate of drug-likeness (QED) is 0.0778. The number of hydrogen-bond acceptors (Lipinski definition) is 12. The normalized spacial score (nSPS) is 21.4. The van der Waals surface area contributed by atoms with Crippen molar-refractivity contribution < 1.29 is 28.8 Å². The summed E-state index contributed by atoms with van der Waals surface area (Å²) in [5.41, 5.74) is 5.64. The molecule has 2 fully saturated rings. The molecule has 4 aliphatic rings. The summed E-state index contributed by atoms with van der Waals surface area (Å²) in [6.45, 7) is 4.84. The molecule has 2 saturated heterocycles. The average Bonchev–Trinajstić information content (AvgIpc) is 4.23. The number of amides is 6. The molecular formula is C50H68N14O6. The van der Waals surface area contributed by atoms with Crippen molar-refractivity contribution >= 4 is 35.4 Å². The fourth-order valence-corrected chi connectivity index (χ4v) is 10.3. The Morgan fingerprint density at radius 3 is 1.41 bits per heavy atom. The van der Waals surface area contributed by atoms with Gasteiger partial charge in [-0.05, 0) is 114 Å². The molecule has 2 aliphatic heterocycles. The van der Waals surface area contributed by atoms with E-state index in [9.17, 15) is 28.8 Å². The first-order valence-electron chi connectivity index (χ1n) is 25.0. The summed E-state index contributed by atoms with van der Waals surface area (Å²) in [6, 6.07) is 11.6. The number of carbonyl (C=O) groups excluding carboxylic acids is 6. The largest absolute Gasteiger partial charge is 0.347 e. The summed E-state index contributed by atoms with van der Waals surface area (Å²) in [5, 5.41) is 35.4. The molecule has 6 amide bonds. The van der Waals surface area contributed by atoms with E-state index in [1.54, 1.807) is 59.5 Å². The Morgan fingerprint density at radius 2 is 1.00 bits per heavy atom. The summed E-state index contributed by atoms with van der Waals surface area (Å²) >= 11 is 0. The molecule has 0 saturated carbocycles. The van der Waals surface area contributed by atoms with Crippen molar-refractivity contribution in [3.63, 3.8) is 0 Å². The molecule has 4 aromatic rings. The molecule has 8 rings (SSSR count). The van der Waals surface area contributed by atoms with Crippen LogP contribution in [0.25, 0.3) is 0 Å². The van der Waals surface area contributed by atoms with E-state index in [2.05, 4.69) is 76.8 Å². The van der Waals surface area contributed by atoms with Crippen LogP contribution in [0.3, 0.4) is 0 Å². The molecule has 0 radical (unpaired) electrons. The molecule has 2 aromatic heterocycles. The summed E-state index contributed by atoms with van der Waals surface area (Å²) in [7, 11) is 3.33. The van der Waals surface area contributed by atoms with Gasteiger partial charge < -0.3 is 41.7 Å². The molecule has 8 atom stereocenters. The minimum absolute atomic E-state index is 0.0523. The Bertz CT molecular complexity index is 2340. The highest BCUT2D eigenvalue weighted by Crippen LogP contribution is 2.32. The van der Waals surface area contributed by atoms with Crippen LogP contribution >= 0.6 is 0 Å². The van der Waals surface area contributed by atoms with E-state index >= 15 is 0 Å². The number of rotatable bonds is 19. The third-order valence-corrected chi connectivity index (χ3v) is 14.5. The van der Waals surface area contributed by atoms with Gasteiger partial charge in [0.25, 0.3) is 0 Å². The number of aromatic nitrogens is 6. The van der Waals surface area contributed by atoms with Gasteiger partial charge in [0.2, 0.25) is 35.4 Å². The molecule has 20 nitrogen and oxygen atoms in total. The van der Waals surface area contributed by atoms with E-state index in [4.69, 9.17) is 0 Å². The van der Waals surface area contributed by atoms with E-state index in [1.807, 2.05) is 24.3 Å². The molecule has 20 heteroatoms. The predicted octanol–water partition coefficient (Wildman–Crippen LogP) is 1.21. The summed E-state index contributed by atoms with van der Waals surface area (Å²) in [5.74, 6) is -1.82. The maximum absolute atomic E-state index is 14.3. The Morgan fingerprint density at radius 1 is 0.586 bits per heavy atom. The van der Waals surface area contributed by atoms with Gasteiger partial charge in [-0.2, -0.15) is 0 Å². The van der Waals surface area contributed by atoms with Crippen LogP contribution in [0.15, 0.2) is 60.9 Å². The lowest BCUT2D eigenvalue weighted by Crippen LogP contribution is -2.56. The van der Waals surface area contributed by atoms with Crippen LogP contribution in [-0.2, 0) is 67.5 Å². The topological polar surface area (TPSA) is 242 Å². The molecule has 2 aromatic carbocycles. The minimum atomic E-state index is -0.998. The Kier molecular flexibility index (Phi) is 16.3. The molecule has 1 unspecified atom stereocenters. The summed E-state index contributed by atoms with van der Waals surface area (Å²) in [4.78, 5) is 86.0. The van der Waals surface area contributed by atoms with Gasteiger partial charge in [-0.1, -0.05) is 59.0 Å². The van der Waals surface area contributed by atoms with Crippen molar-refractivity contribution in [2.45, 2.75) is 152 Å². The van der Waals surface area contributed by atoms with Gasteiger partial charge in [-0.15, -0.1) is 10.2 Å². The van der Waals surface area contributed by atoms with Gasteiger partial charge in [0.15, 0.2) is 0 Å². The molecular weight excluding hydrogens is 893 g/mol. The molecule has 0 bridgehead atoms. The maximum atomic E-state index is 14.3. The number of benzene rings is 2. The van der Waals surface area contributed by atoms with Gasteiger partial charge in [0, 0.05) is 38.3 Å². The van der Waals surface area contributed by atoms with E-state index in [1.165, 1.54) is 11.1 Å². The number of aryl methyl sites for hydroxylation is 4. The van der Waals surface area contributed by atoms with E-state index < -0.39 is 36.3 Å². The zero-order chi connectivity index (χ0) is 49.3. The van der Waals surface area contributed by atoms with Crippen LogP contribution in [0.5, 0.6) is 0 Å². The zero-order valence-corrected chi connectivity index (χ0v) is 40.7. The van der Waals surface area contributed by atoms with Crippen molar-refractivity contribution in [1.29, 1.82) is 0 Å². The number of nitrogens with one attached hydrogen (secondary N) is 6. The number of nitrogens with zero attached hydrogens (tertiary/aromatic N) is 8. The van der Waals surface area contributed by atoms with Crippen molar-refractivity contribution in [3.8, 4) is 0 Å². The van der Waals surface area contributed by atoms with Gasteiger partial charge >= 0.3 is 0 Å². The Balaban J connectivity index is 0.897. The monoisotopic (exact) mass is 961 g/mol. The van der Waals surface area contributed by atoms with Crippen LogP contribution in [0, 0.1) is 0 Å². The summed E-state index contributed by atoms with van der Waals surface area (Å²) in [6.07, 6.45) is 11.4. The number of hydrogen-bond donors (Lipinski definition) is 6. The fraction of sp³-hybridized carbons (Fsp3) is 0.560. The predicted molar refractivity (Wildman–Crippen MR) is 258 cm³/mol. The Hall–Kier alpha value is -6.54. The first-order chi connectivity index (χ1) is 33.9. The van der Waals surface area contributed by atoms with Crippen molar-refractivity contribution in [2.24, 2.45) is 0 Å². The van der Waals surface area contributed by atoms with Gasteiger partial charge in [0.05, 0.1) is 48.6 Å². The highest BCUT2D eigenvalue weighted by molar-refractivity contribution is 5.95. The standard InChI is InChI=1S/C50H68N14O6/c1-31(51-3)45(65)55-41(49(69)63-23-11-21-43(63)47(67)53-39-19-9-15-33-13-5-7-17-37(33)39)27-35-29-61(59-57-35)25-26-62-30-36(58-60-62)28-42(56-46(66)32(2)52-4)50(70)64-24-12-22-44(64)48(68)54-40-20-10-16-34-14-6-8-18-38(34)40/h5-8,13-14,17-18,29-32,39-44,51-52H,9-12,15-16,19-28H2,1-4H3,(H,53,67)(H,54,68)(H,55,65)(H,56,66)/t31-,32-,39+,40+,41-,42-,43-,44?/m0/s1. The molecule has 2 aliphatic carbocycles. The highest BCUT2D eigenvalue weighted by Gasteiger charge is 2.41. The van der Waals surface area contributed by atoms with Gasteiger partial charge in [-0.3, -0.25) is 38.1 Å². The van der Waals surface area contributed by atoms with Crippen LogP contribution in [0.1, 0.15) is 111 Å². The number of carbonyl (C=O) groups is 6. The third-order valence-electron chi connectivity index (χ3n) is 14.5. The maximum Gasteiger partial charge on any atom is 0.246 e. The van der Waals surface area contributed by atoms with E-state index in [0.29, 0.717) is 63.3 Å². The molecule has 374 valence electrons. The first-order valence-corrected chi connectivity index (χ1v) is 25.0. The lowest BCUT2D eigenvalue weighted by atomic mass is 9.87. The van der Waals surface area contributed by atoms with Gasteiger partial charge in [-0.25, -0.2) is 0 Å². The molecule has 4 heterocycles. The SMILES string of the molecule is CN[C@@H](C)C(=O)N[C@@H](Cc1cn(CCn2cc(C[C@H](NC(=O)[C@H](C)NC)C(=O)N3CCC[C@H]3C(=O)N[C@@H]3CCCc4ccccc43)nn2)nn1)C(=O)N1CCCC1C(=O)N[C@@H]1CCCc2ccccc21. The number of fused-ring (bicyclic) bond motifs is 2. The summed E-state index contributed by atoms with van der Waals surface area (Å²) < 4.78 is 3.22. The number of likely N-dealkylation sites (tertiary alicyclic amines) is 2. The minimum Gasteiger partial charge on any atom is -0.347 e. The molecule has 0 spiro atoms. The molecule has 70 heavy (non-hydrogen) atoms. The Labute approximate surface area is 408 Å². The highest BCUT2D eigenvalue weighted by atomic mass is 16.2. The second-order valence-electron chi connectivity index (χ2n) is 19.2.